The van der Waals surface area contributed by atoms with Gasteiger partial charge in [-0.15, -0.1) is 13.2 Å². The molecule has 116 valence electrons. The van der Waals surface area contributed by atoms with Crippen LogP contribution in [0.5, 0.6) is 0 Å². The summed E-state index contributed by atoms with van der Waals surface area (Å²) in [6.07, 6.45) is 4.77. The van der Waals surface area contributed by atoms with Crippen LogP contribution in [-0.4, -0.2) is 36.3 Å². The number of amides is 2. The van der Waals surface area contributed by atoms with Crippen LogP contribution in [0.25, 0.3) is 0 Å². The van der Waals surface area contributed by atoms with Gasteiger partial charge in [0.15, 0.2) is 0 Å². The third-order valence-corrected chi connectivity index (χ3v) is 3.73. The molecule has 4 nitrogen and oxygen atoms in total. The molecule has 1 aromatic carbocycles. The number of carbonyl (C=O) groups excluding carboxylic acids is 2. The second-order valence-corrected chi connectivity index (χ2v) is 5.46. The van der Waals surface area contributed by atoms with Gasteiger partial charge in [-0.2, -0.15) is 0 Å². The van der Waals surface area contributed by atoms with Gasteiger partial charge in [0, 0.05) is 26.1 Å². The second kappa shape index (κ2) is 7.07. The lowest BCUT2D eigenvalue weighted by Crippen LogP contribution is -2.34. The van der Waals surface area contributed by atoms with Gasteiger partial charge in [-0.05, 0) is 25.5 Å². The molecule has 1 aliphatic heterocycles. The van der Waals surface area contributed by atoms with Crippen LogP contribution in [-0.2, 0) is 4.79 Å². The van der Waals surface area contributed by atoms with E-state index in [4.69, 9.17) is 0 Å². The Hall–Kier alpha value is -2.36. The van der Waals surface area contributed by atoms with Crippen LogP contribution >= 0.6 is 0 Å². The molecule has 4 heteroatoms. The number of hydrogen-bond donors (Lipinski definition) is 0. The summed E-state index contributed by atoms with van der Waals surface area (Å²) < 4.78 is 0. The number of aryl methyl sites for hydroxylation is 1. The Kier molecular flexibility index (Phi) is 5.15. The summed E-state index contributed by atoms with van der Waals surface area (Å²) in [6, 6.07) is 5.65. The maximum Gasteiger partial charge on any atom is 0.256 e. The van der Waals surface area contributed by atoms with Crippen LogP contribution in [0.15, 0.2) is 43.5 Å². The normalized spacial score (nSPS) is 14.0. The van der Waals surface area contributed by atoms with Gasteiger partial charge >= 0.3 is 0 Å². The lowest BCUT2D eigenvalue weighted by molar-refractivity contribution is -0.117. The Balaban J connectivity index is 2.41. The molecule has 0 radical (unpaired) electrons. The van der Waals surface area contributed by atoms with Gasteiger partial charge in [0.1, 0.15) is 0 Å². The van der Waals surface area contributed by atoms with E-state index >= 15 is 0 Å². The predicted molar refractivity (Wildman–Crippen MR) is 89.1 cm³/mol. The number of rotatable bonds is 6. The van der Waals surface area contributed by atoms with Crippen molar-refractivity contribution in [3.63, 3.8) is 0 Å². The van der Waals surface area contributed by atoms with Crippen molar-refractivity contribution in [2.45, 2.75) is 19.8 Å². The molecule has 1 heterocycles. The van der Waals surface area contributed by atoms with Crippen LogP contribution in [0, 0.1) is 6.92 Å². The Labute approximate surface area is 131 Å². The van der Waals surface area contributed by atoms with Crippen LogP contribution < -0.4 is 4.90 Å². The van der Waals surface area contributed by atoms with Crippen LogP contribution in [0.3, 0.4) is 0 Å². The first-order valence-corrected chi connectivity index (χ1v) is 7.50. The van der Waals surface area contributed by atoms with Gasteiger partial charge in [-0.1, -0.05) is 23.8 Å². The molecule has 0 unspecified atom stereocenters. The summed E-state index contributed by atoms with van der Waals surface area (Å²) in [5.74, 6) is -0.0184. The van der Waals surface area contributed by atoms with E-state index in [0.29, 0.717) is 37.3 Å². The van der Waals surface area contributed by atoms with Crippen LogP contribution in [0.2, 0.25) is 0 Å². The highest BCUT2D eigenvalue weighted by Gasteiger charge is 2.27. The largest absolute Gasteiger partial charge is 0.331 e. The highest BCUT2D eigenvalue weighted by molar-refractivity contribution is 6.05. The molecule has 22 heavy (non-hydrogen) atoms. The molecular formula is C18H22N2O2. The molecular weight excluding hydrogens is 276 g/mol. The minimum atomic E-state index is -0.0989. The second-order valence-electron chi connectivity index (χ2n) is 5.46. The predicted octanol–water partition coefficient (Wildman–Crippen LogP) is 2.94. The Morgan fingerprint density at radius 2 is 2.00 bits per heavy atom. The lowest BCUT2D eigenvalue weighted by Gasteiger charge is -2.24. The summed E-state index contributed by atoms with van der Waals surface area (Å²) >= 11 is 0. The minimum Gasteiger partial charge on any atom is -0.331 e. The van der Waals surface area contributed by atoms with E-state index in [-0.39, 0.29) is 11.8 Å². The molecule has 0 spiro atoms. The fourth-order valence-corrected chi connectivity index (χ4v) is 2.68. The average Bonchev–Trinajstić information content (AvgIpc) is 2.92. The number of benzene rings is 1. The van der Waals surface area contributed by atoms with E-state index in [0.717, 1.165) is 12.0 Å². The van der Waals surface area contributed by atoms with E-state index in [9.17, 15) is 9.59 Å². The maximum absolute atomic E-state index is 12.9. The number of anilines is 1. The molecule has 0 saturated carbocycles. The van der Waals surface area contributed by atoms with Crippen LogP contribution in [0.4, 0.5) is 5.69 Å². The number of carbonyl (C=O) groups is 2. The zero-order valence-corrected chi connectivity index (χ0v) is 13.0. The molecule has 2 rings (SSSR count). The number of hydrogen-bond acceptors (Lipinski definition) is 2. The van der Waals surface area contributed by atoms with Crippen molar-refractivity contribution >= 4 is 17.5 Å². The summed E-state index contributed by atoms with van der Waals surface area (Å²) in [7, 11) is 0. The van der Waals surface area contributed by atoms with E-state index in [1.54, 1.807) is 22.0 Å². The maximum atomic E-state index is 12.9. The fraction of sp³-hybridized carbons (Fsp3) is 0.333. The van der Waals surface area contributed by atoms with Gasteiger partial charge in [0.25, 0.3) is 5.91 Å². The fourth-order valence-electron chi connectivity index (χ4n) is 2.68. The van der Waals surface area contributed by atoms with Crippen molar-refractivity contribution in [2.24, 2.45) is 0 Å². The smallest absolute Gasteiger partial charge is 0.256 e. The topological polar surface area (TPSA) is 40.6 Å². The zero-order valence-electron chi connectivity index (χ0n) is 13.0. The van der Waals surface area contributed by atoms with Crippen molar-refractivity contribution < 1.29 is 9.59 Å². The Morgan fingerprint density at radius 3 is 2.55 bits per heavy atom. The van der Waals surface area contributed by atoms with E-state index in [1.165, 1.54) is 0 Å². The van der Waals surface area contributed by atoms with Crippen molar-refractivity contribution in [2.75, 3.05) is 24.5 Å². The molecule has 1 saturated heterocycles. The third-order valence-electron chi connectivity index (χ3n) is 3.73. The zero-order chi connectivity index (χ0) is 16.1. The molecule has 0 aromatic heterocycles. The van der Waals surface area contributed by atoms with Crippen molar-refractivity contribution in [3.05, 3.63) is 54.6 Å². The third kappa shape index (κ3) is 3.27. The Morgan fingerprint density at radius 1 is 1.32 bits per heavy atom. The van der Waals surface area contributed by atoms with Gasteiger partial charge in [-0.25, -0.2) is 0 Å². The van der Waals surface area contributed by atoms with Gasteiger partial charge < -0.3 is 9.80 Å². The lowest BCUT2D eigenvalue weighted by atomic mass is 10.1. The van der Waals surface area contributed by atoms with Gasteiger partial charge in [-0.3, -0.25) is 9.59 Å². The van der Waals surface area contributed by atoms with Gasteiger partial charge in [0.05, 0.1) is 11.3 Å². The van der Waals surface area contributed by atoms with Crippen molar-refractivity contribution in [1.82, 2.24) is 4.90 Å². The van der Waals surface area contributed by atoms with E-state index < -0.39 is 0 Å². The number of nitrogens with zero attached hydrogens (tertiary/aromatic N) is 2. The molecule has 1 aromatic rings. The van der Waals surface area contributed by atoms with Crippen molar-refractivity contribution in [3.8, 4) is 0 Å². The molecule has 0 N–H and O–H groups in total. The summed E-state index contributed by atoms with van der Waals surface area (Å²) in [4.78, 5) is 28.3. The molecule has 1 fully saturated rings. The van der Waals surface area contributed by atoms with E-state index in [2.05, 4.69) is 13.2 Å². The average molecular weight is 298 g/mol. The molecule has 1 aliphatic rings. The van der Waals surface area contributed by atoms with Crippen molar-refractivity contribution in [1.29, 1.82) is 0 Å². The highest BCUT2D eigenvalue weighted by Crippen LogP contribution is 2.27. The van der Waals surface area contributed by atoms with Crippen LogP contribution in [0.1, 0.15) is 28.8 Å². The summed E-state index contributed by atoms with van der Waals surface area (Å²) in [5.41, 5.74) is 2.27. The standard InChI is InChI=1S/C18H22N2O2/c1-4-10-19(11-5-2)18(22)15-13-14(3)8-9-16(15)20-12-6-7-17(20)21/h4-5,8-9,13H,1-2,6-7,10-12H2,3H3. The highest BCUT2D eigenvalue weighted by atomic mass is 16.2. The molecule has 0 atom stereocenters. The molecule has 0 aliphatic carbocycles. The minimum absolute atomic E-state index is 0.0805. The SMILES string of the molecule is C=CCN(CC=C)C(=O)c1cc(C)ccc1N1CCCC1=O. The van der Waals surface area contributed by atoms with Gasteiger partial charge in [0.2, 0.25) is 5.91 Å². The molecule has 2 amide bonds. The van der Waals surface area contributed by atoms with E-state index in [1.807, 2.05) is 25.1 Å². The first-order valence-electron chi connectivity index (χ1n) is 7.50. The first kappa shape index (κ1) is 16.0. The summed E-state index contributed by atoms with van der Waals surface area (Å²) in [6.45, 7) is 10.9. The molecule has 0 bridgehead atoms. The first-order chi connectivity index (χ1) is 10.6. The Bertz CT molecular complexity index is 597. The summed E-state index contributed by atoms with van der Waals surface area (Å²) in [5, 5.41) is 0. The monoisotopic (exact) mass is 298 g/mol. The quantitative estimate of drug-likeness (QED) is 0.758.